The first-order valence-electron chi connectivity index (χ1n) is 9.23. The number of methoxy groups -OCH3 is 1. The maximum atomic E-state index is 13.2. The summed E-state index contributed by atoms with van der Waals surface area (Å²) in [6.45, 7) is 3.74. The molecule has 1 amide bonds. The molecule has 29 heavy (non-hydrogen) atoms. The first-order valence-corrected chi connectivity index (χ1v) is 9.61. The van der Waals surface area contributed by atoms with Gasteiger partial charge in [0.1, 0.15) is 11.6 Å². The van der Waals surface area contributed by atoms with Crippen LogP contribution in [0.3, 0.4) is 0 Å². The summed E-state index contributed by atoms with van der Waals surface area (Å²) >= 11 is 6.27. The second-order valence-electron chi connectivity index (χ2n) is 7.04. The van der Waals surface area contributed by atoms with E-state index in [1.807, 2.05) is 26.0 Å². The van der Waals surface area contributed by atoms with Crippen molar-refractivity contribution >= 4 is 29.1 Å². The van der Waals surface area contributed by atoms with Crippen LogP contribution in [-0.4, -0.2) is 28.6 Å². The Bertz CT molecular complexity index is 1120. The highest BCUT2D eigenvalue weighted by atomic mass is 35.5. The summed E-state index contributed by atoms with van der Waals surface area (Å²) in [7, 11) is 1.57. The van der Waals surface area contributed by atoms with E-state index in [1.54, 1.807) is 42.1 Å². The van der Waals surface area contributed by atoms with E-state index in [4.69, 9.17) is 16.3 Å². The molecule has 7 heteroatoms. The fourth-order valence-corrected chi connectivity index (χ4v) is 3.90. The van der Waals surface area contributed by atoms with Crippen molar-refractivity contribution in [2.45, 2.75) is 26.2 Å². The Morgan fingerprint density at radius 2 is 1.93 bits per heavy atom. The standard InChI is InChI=1S/C22H20ClN3O3/c1-12-17(23)5-4-6-18(12)26-22-20(13(2)25-26)16(11-19(27)24-22)21(28)14-7-9-15(29-3)10-8-14/h4-10,16H,11H2,1-3H3,(H,24,27). The topological polar surface area (TPSA) is 73.2 Å². The monoisotopic (exact) mass is 409 g/mol. The molecule has 0 saturated carbocycles. The number of anilines is 1. The van der Waals surface area contributed by atoms with E-state index >= 15 is 0 Å². The number of aryl methyl sites for hydroxylation is 1. The predicted molar refractivity (Wildman–Crippen MR) is 111 cm³/mol. The first kappa shape index (κ1) is 19.2. The summed E-state index contributed by atoms with van der Waals surface area (Å²) < 4.78 is 6.82. The average molecular weight is 410 g/mol. The molecule has 1 atom stereocenters. The molecule has 148 valence electrons. The molecule has 0 radical (unpaired) electrons. The minimum atomic E-state index is -0.597. The van der Waals surface area contributed by atoms with Crippen molar-refractivity contribution in [2.24, 2.45) is 0 Å². The smallest absolute Gasteiger partial charge is 0.226 e. The Hall–Kier alpha value is -3.12. The van der Waals surface area contributed by atoms with Crippen LogP contribution in [0.5, 0.6) is 5.75 Å². The fraction of sp³-hybridized carbons (Fsp3) is 0.227. The molecule has 1 N–H and O–H groups in total. The summed E-state index contributed by atoms with van der Waals surface area (Å²) in [5.41, 5.74) is 3.58. The number of carbonyl (C=O) groups is 2. The number of hydrogen-bond acceptors (Lipinski definition) is 4. The lowest BCUT2D eigenvalue weighted by Gasteiger charge is -2.23. The molecule has 1 aromatic heterocycles. The highest BCUT2D eigenvalue weighted by molar-refractivity contribution is 6.31. The average Bonchev–Trinajstić information content (AvgIpc) is 3.05. The second-order valence-corrected chi connectivity index (χ2v) is 7.45. The van der Waals surface area contributed by atoms with Gasteiger partial charge < -0.3 is 10.1 Å². The third-order valence-electron chi connectivity index (χ3n) is 5.26. The van der Waals surface area contributed by atoms with E-state index in [0.29, 0.717) is 27.8 Å². The number of aromatic nitrogens is 2. The molecule has 1 unspecified atom stereocenters. The molecular formula is C22H20ClN3O3. The van der Waals surface area contributed by atoms with Crippen molar-refractivity contribution in [1.29, 1.82) is 0 Å². The van der Waals surface area contributed by atoms with Gasteiger partial charge in [0, 0.05) is 22.6 Å². The number of hydrogen-bond donors (Lipinski definition) is 1. The minimum absolute atomic E-state index is 0.0823. The molecule has 0 spiro atoms. The SMILES string of the molecule is COc1ccc(C(=O)C2CC(=O)Nc3c2c(C)nn3-c2cccc(Cl)c2C)cc1. The maximum absolute atomic E-state index is 13.2. The molecular weight excluding hydrogens is 390 g/mol. The van der Waals surface area contributed by atoms with Gasteiger partial charge in [-0.25, -0.2) is 4.68 Å². The van der Waals surface area contributed by atoms with E-state index in [0.717, 1.165) is 16.8 Å². The zero-order chi connectivity index (χ0) is 20.7. The van der Waals surface area contributed by atoms with Crippen molar-refractivity contribution in [2.75, 3.05) is 12.4 Å². The molecule has 0 aliphatic carbocycles. The quantitative estimate of drug-likeness (QED) is 0.645. The van der Waals surface area contributed by atoms with Gasteiger partial charge >= 0.3 is 0 Å². The Labute approximate surface area is 173 Å². The number of rotatable bonds is 4. The third-order valence-corrected chi connectivity index (χ3v) is 5.67. The number of nitrogens with one attached hydrogen (secondary N) is 1. The van der Waals surface area contributed by atoms with Crippen LogP contribution < -0.4 is 10.1 Å². The summed E-state index contributed by atoms with van der Waals surface area (Å²) in [6, 6.07) is 12.4. The summed E-state index contributed by atoms with van der Waals surface area (Å²) in [6.07, 6.45) is 0.0823. The van der Waals surface area contributed by atoms with Crippen LogP contribution in [0.4, 0.5) is 5.82 Å². The summed E-state index contributed by atoms with van der Waals surface area (Å²) in [5, 5.41) is 8.13. The van der Waals surface area contributed by atoms with E-state index in [9.17, 15) is 9.59 Å². The van der Waals surface area contributed by atoms with Crippen LogP contribution in [0, 0.1) is 13.8 Å². The molecule has 6 nitrogen and oxygen atoms in total. The lowest BCUT2D eigenvalue weighted by atomic mass is 9.85. The van der Waals surface area contributed by atoms with E-state index in [2.05, 4.69) is 10.4 Å². The van der Waals surface area contributed by atoms with Gasteiger partial charge in [-0.05, 0) is 55.8 Å². The number of nitrogens with zero attached hydrogens (tertiary/aromatic N) is 2. The summed E-state index contributed by atoms with van der Waals surface area (Å²) in [5.74, 6) is 0.264. The molecule has 2 aromatic carbocycles. The number of amides is 1. The van der Waals surface area contributed by atoms with Gasteiger partial charge in [-0.1, -0.05) is 17.7 Å². The zero-order valence-corrected chi connectivity index (χ0v) is 17.1. The van der Waals surface area contributed by atoms with Gasteiger partial charge in [-0.2, -0.15) is 5.10 Å². The highest BCUT2D eigenvalue weighted by Crippen LogP contribution is 2.39. The molecule has 0 fully saturated rings. The van der Waals surface area contributed by atoms with Crippen LogP contribution in [0.25, 0.3) is 5.69 Å². The number of halogens is 1. The van der Waals surface area contributed by atoms with Crippen molar-refractivity contribution in [3.8, 4) is 11.4 Å². The Morgan fingerprint density at radius 1 is 1.21 bits per heavy atom. The molecule has 0 bridgehead atoms. The maximum Gasteiger partial charge on any atom is 0.226 e. The first-order chi connectivity index (χ1) is 13.9. The number of benzene rings is 2. The molecule has 3 aromatic rings. The van der Waals surface area contributed by atoms with E-state index < -0.39 is 5.92 Å². The van der Waals surface area contributed by atoms with Crippen LogP contribution in [0.1, 0.15) is 39.5 Å². The number of ketones is 1. The number of fused-ring (bicyclic) bond motifs is 1. The number of Topliss-reactive ketones (excluding diaryl/α,β-unsaturated/α-hetero) is 1. The molecule has 1 aliphatic rings. The Balaban J connectivity index is 1.81. The largest absolute Gasteiger partial charge is 0.497 e. The van der Waals surface area contributed by atoms with Gasteiger partial charge in [0.2, 0.25) is 5.91 Å². The number of ether oxygens (including phenoxy) is 1. The van der Waals surface area contributed by atoms with Gasteiger partial charge in [0.05, 0.1) is 24.4 Å². The zero-order valence-electron chi connectivity index (χ0n) is 16.3. The van der Waals surface area contributed by atoms with E-state index in [-0.39, 0.29) is 18.1 Å². The van der Waals surface area contributed by atoms with Gasteiger partial charge in [0.25, 0.3) is 0 Å². The third kappa shape index (κ3) is 3.29. The lowest BCUT2D eigenvalue weighted by Crippen LogP contribution is -2.28. The van der Waals surface area contributed by atoms with Gasteiger partial charge in [-0.3, -0.25) is 9.59 Å². The van der Waals surface area contributed by atoms with Crippen molar-refractivity contribution in [3.63, 3.8) is 0 Å². The van der Waals surface area contributed by atoms with Crippen LogP contribution >= 0.6 is 11.6 Å². The fourth-order valence-electron chi connectivity index (χ4n) is 3.73. The van der Waals surface area contributed by atoms with Crippen molar-refractivity contribution in [3.05, 3.63) is 69.9 Å². The number of carbonyl (C=O) groups excluding carboxylic acids is 2. The van der Waals surface area contributed by atoms with Crippen LogP contribution in [0.2, 0.25) is 5.02 Å². The predicted octanol–water partition coefficient (Wildman–Crippen LogP) is 4.46. The van der Waals surface area contributed by atoms with Crippen LogP contribution in [0.15, 0.2) is 42.5 Å². The lowest BCUT2D eigenvalue weighted by molar-refractivity contribution is -0.116. The highest BCUT2D eigenvalue weighted by Gasteiger charge is 2.36. The van der Waals surface area contributed by atoms with Crippen LogP contribution in [-0.2, 0) is 4.79 Å². The Morgan fingerprint density at radius 3 is 2.62 bits per heavy atom. The molecule has 4 rings (SSSR count). The van der Waals surface area contributed by atoms with Crippen molar-refractivity contribution in [1.82, 2.24) is 9.78 Å². The molecule has 1 aliphatic heterocycles. The van der Waals surface area contributed by atoms with Gasteiger partial charge in [-0.15, -0.1) is 0 Å². The Kier molecular flexibility index (Phi) is 4.88. The second kappa shape index (κ2) is 7.37. The molecule has 2 heterocycles. The normalized spacial score (nSPS) is 15.6. The summed E-state index contributed by atoms with van der Waals surface area (Å²) in [4.78, 5) is 25.7. The van der Waals surface area contributed by atoms with E-state index in [1.165, 1.54) is 0 Å². The van der Waals surface area contributed by atoms with Crippen molar-refractivity contribution < 1.29 is 14.3 Å². The minimum Gasteiger partial charge on any atom is -0.497 e. The van der Waals surface area contributed by atoms with Gasteiger partial charge in [0.15, 0.2) is 5.78 Å². The molecule has 0 saturated heterocycles.